The molecule has 6 nitrogen and oxygen atoms in total. The Morgan fingerprint density at radius 2 is 1.65 bits per heavy atom. The largest absolute Gasteiger partial charge is 0.484 e. The number of anilines is 1. The predicted octanol–water partition coefficient (Wildman–Crippen LogP) is 4.60. The Morgan fingerprint density at radius 1 is 0.935 bits per heavy atom. The molecule has 8 heteroatoms. The number of hydrazone groups is 1. The third kappa shape index (κ3) is 8.16. The van der Waals surface area contributed by atoms with Gasteiger partial charge in [-0.3, -0.25) is 9.59 Å². The van der Waals surface area contributed by atoms with Crippen molar-refractivity contribution >= 4 is 47.1 Å². The van der Waals surface area contributed by atoms with Crippen molar-refractivity contribution in [2.45, 2.75) is 4.90 Å². The molecule has 0 aliphatic rings. The first-order valence-corrected chi connectivity index (χ1v) is 10.7. The summed E-state index contributed by atoms with van der Waals surface area (Å²) in [6.07, 6.45) is 1.54. The van der Waals surface area contributed by atoms with E-state index in [2.05, 4.69) is 15.8 Å². The standard InChI is InChI=1S/C23H20ClN3O3S/c24-18-8-12-21(13-9-18)31-16-23(29)27-25-14-17-6-10-20(11-7-17)30-15-22(28)26-19-4-2-1-3-5-19/h1-14H,15-16H2,(H,26,28)(H,27,29)/b25-14-. The Bertz CT molecular complexity index is 1030. The molecule has 0 saturated carbocycles. The van der Waals surface area contributed by atoms with Crippen LogP contribution in [-0.4, -0.2) is 30.4 Å². The molecule has 0 heterocycles. The molecular formula is C23H20ClN3O3S. The summed E-state index contributed by atoms with van der Waals surface area (Å²) in [5.74, 6) is 0.358. The molecule has 3 aromatic rings. The molecule has 0 aliphatic carbocycles. The second kappa shape index (κ2) is 11.8. The van der Waals surface area contributed by atoms with Gasteiger partial charge in [0.05, 0.1) is 12.0 Å². The van der Waals surface area contributed by atoms with Crippen LogP contribution < -0.4 is 15.5 Å². The molecule has 0 atom stereocenters. The molecule has 0 aliphatic heterocycles. The van der Waals surface area contributed by atoms with Crippen LogP contribution in [0.1, 0.15) is 5.56 Å². The normalized spacial score (nSPS) is 10.6. The fourth-order valence-corrected chi connectivity index (χ4v) is 3.23. The molecule has 158 valence electrons. The van der Waals surface area contributed by atoms with Crippen LogP contribution in [0.4, 0.5) is 5.69 Å². The van der Waals surface area contributed by atoms with E-state index in [9.17, 15) is 9.59 Å². The number of hydrogen-bond acceptors (Lipinski definition) is 5. The van der Waals surface area contributed by atoms with E-state index >= 15 is 0 Å². The highest BCUT2D eigenvalue weighted by Gasteiger charge is 2.04. The molecule has 0 fully saturated rings. The minimum absolute atomic E-state index is 0.0936. The zero-order valence-corrected chi connectivity index (χ0v) is 18.0. The van der Waals surface area contributed by atoms with Crippen LogP contribution in [-0.2, 0) is 9.59 Å². The number of halogens is 1. The average molecular weight is 454 g/mol. The van der Waals surface area contributed by atoms with E-state index in [-0.39, 0.29) is 24.2 Å². The fourth-order valence-electron chi connectivity index (χ4n) is 2.41. The highest BCUT2D eigenvalue weighted by Crippen LogP contribution is 2.19. The Morgan fingerprint density at radius 3 is 2.35 bits per heavy atom. The number of thioether (sulfide) groups is 1. The van der Waals surface area contributed by atoms with Gasteiger partial charge in [0, 0.05) is 15.6 Å². The summed E-state index contributed by atoms with van der Waals surface area (Å²) in [5, 5.41) is 7.36. The maximum atomic E-state index is 11.9. The van der Waals surface area contributed by atoms with Crippen LogP contribution in [0, 0.1) is 0 Å². The molecule has 3 rings (SSSR count). The van der Waals surface area contributed by atoms with Gasteiger partial charge in [-0.1, -0.05) is 29.8 Å². The first-order chi connectivity index (χ1) is 15.1. The SMILES string of the molecule is O=C(CSc1ccc(Cl)cc1)N/N=C\c1ccc(OCC(=O)Nc2ccccc2)cc1. The molecule has 0 aromatic heterocycles. The van der Waals surface area contributed by atoms with E-state index in [4.69, 9.17) is 16.3 Å². The summed E-state index contributed by atoms with van der Waals surface area (Å²) in [4.78, 5) is 24.7. The van der Waals surface area contributed by atoms with Crippen LogP contribution in [0.2, 0.25) is 5.02 Å². The molecule has 0 spiro atoms. The molecule has 2 N–H and O–H groups in total. The van der Waals surface area contributed by atoms with Crippen molar-refractivity contribution in [1.29, 1.82) is 0 Å². The topological polar surface area (TPSA) is 79.8 Å². The number of para-hydroxylation sites is 1. The summed E-state index contributed by atoms with van der Waals surface area (Å²) in [5.41, 5.74) is 3.99. The molecule has 0 saturated heterocycles. The van der Waals surface area contributed by atoms with Crippen LogP contribution in [0.5, 0.6) is 5.75 Å². The Hall–Kier alpha value is -3.29. The van der Waals surface area contributed by atoms with Crippen molar-refractivity contribution in [1.82, 2.24) is 5.43 Å². The number of nitrogens with zero attached hydrogens (tertiary/aromatic N) is 1. The average Bonchev–Trinajstić information content (AvgIpc) is 2.79. The first-order valence-electron chi connectivity index (χ1n) is 9.36. The highest BCUT2D eigenvalue weighted by atomic mass is 35.5. The van der Waals surface area contributed by atoms with Crippen molar-refractivity contribution < 1.29 is 14.3 Å². The summed E-state index contributed by atoms with van der Waals surface area (Å²) in [6, 6.07) is 23.5. The third-order valence-electron chi connectivity index (χ3n) is 3.89. The Labute approximate surface area is 189 Å². The minimum Gasteiger partial charge on any atom is -0.484 e. The van der Waals surface area contributed by atoms with Gasteiger partial charge in [-0.05, 0) is 66.2 Å². The molecular weight excluding hydrogens is 434 g/mol. The number of nitrogens with one attached hydrogen (secondary N) is 2. The van der Waals surface area contributed by atoms with Gasteiger partial charge < -0.3 is 10.1 Å². The van der Waals surface area contributed by atoms with Crippen molar-refractivity contribution in [3.63, 3.8) is 0 Å². The van der Waals surface area contributed by atoms with Gasteiger partial charge in [0.25, 0.3) is 5.91 Å². The minimum atomic E-state index is -0.240. The van der Waals surface area contributed by atoms with Gasteiger partial charge in [0.15, 0.2) is 6.61 Å². The summed E-state index contributed by atoms with van der Waals surface area (Å²) < 4.78 is 5.48. The van der Waals surface area contributed by atoms with E-state index < -0.39 is 0 Å². The van der Waals surface area contributed by atoms with Crippen molar-refractivity contribution in [3.8, 4) is 5.75 Å². The number of hydrogen-bond donors (Lipinski definition) is 2. The number of ether oxygens (including phenoxy) is 1. The number of rotatable bonds is 9. The predicted molar refractivity (Wildman–Crippen MR) is 125 cm³/mol. The van der Waals surface area contributed by atoms with Crippen LogP contribution in [0.3, 0.4) is 0 Å². The van der Waals surface area contributed by atoms with E-state index in [0.717, 1.165) is 16.1 Å². The van der Waals surface area contributed by atoms with E-state index in [1.807, 2.05) is 30.3 Å². The number of carbonyl (C=O) groups excluding carboxylic acids is 2. The van der Waals surface area contributed by atoms with Crippen molar-refractivity contribution in [3.05, 3.63) is 89.4 Å². The van der Waals surface area contributed by atoms with Crippen LogP contribution in [0.25, 0.3) is 0 Å². The van der Waals surface area contributed by atoms with Gasteiger partial charge in [0.1, 0.15) is 5.75 Å². The summed E-state index contributed by atoms with van der Waals surface area (Å²) in [7, 11) is 0. The van der Waals surface area contributed by atoms with Gasteiger partial charge in [-0.25, -0.2) is 5.43 Å². The molecule has 0 unspecified atom stereocenters. The zero-order chi connectivity index (χ0) is 21.9. The van der Waals surface area contributed by atoms with Gasteiger partial charge >= 0.3 is 0 Å². The lowest BCUT2D eigenvalue weighted by Gasteiger charge is -2.07. The number of benzene rings is 3. The lowest BCUT2D eigenvalue weighted by molar-refractivity contribution is -0.119. The fraction of sp³-hybridized carbons (Fsp3) is 0.0870. The smallest absolute Gasteiger partial charge is 0.262 e. The number of carbonyl (C=O) groups is 2. The van der Waals surface area contributed by atoms with Gasteiger partial charge in [-0.2, -0.15) is 5.10 Å². The van der Waals surface area contributed by atoms with Crippen LogP contribution >= 0.6 is 23.4 Å². The molecule has 31 heavy (non-hydrogen) atoms. The third-order valence-corrected chi connectivity index (χ3v) is 5.16. The van der Waals surface area contributed by atoms with Gasteiger partial charge in [-0.15, -0.1) is 11.8 Å². The zero-order valence-electron chi connectivity index (χ0n) is 16.5. The lowest BCUT2D eigenvalue weighted by Crippen LogP contribution is -2.20. The first kappa shape index (κ1) is 22.4. The lowest BCUT2D eigenvalue weighted by atomic mass is 10.2. The summed E-state index contributed by atoms with van der Waals surface area (Å²) in [6.45, 7) is -0.0936. The molecule has 0 radical (unpaired) electrons. The van der Waals surface area contributed by atoms with Crippen molar-refractivity contribution in [2.75, 3.05) is 17.7 Å². The Kier molecular flexibility index (Phi) is 8.51. The highest BCUT2D eigenvalue weighted by molar-refractivity contribution is 8.00. The van der Waals surface area contributed by atoms with Crippen molar-refractivity contribution in [2.24, 2.45) is 5.10 Å². The Balaban J connectivity index is 1.38. The second-order valence-corrected chi connectivity index (χ2v) is 7.79. The monoisotopic (exact) mass is 453 g/mol. The number of amides is 2. The quantitative estimate of drug-likeness (QED) is 0.282. The van der Waals surface area contributed by atoms with E-state index in [0.29, 0.717) is 10.8 Å². The van der Waals surface area contributed by atoms with Gasteiger partial charge in [0.2, 0.25) is 5.91 Å². The van der Waals surface area contributed by atoms with E-state index in [1.165, 1.54) is 18.0 Å². The molecule has 0 bridgehead atoms. The van der Waals surface area contributed by atoms with Crippen LogP contribution in [0.15, 0.2) is 88.9 Å². The molecule has 2 amide bonds. The maximum absolute atomic E-state index is 11.9. The van der Waals surface area contributed by atoms with E-state index in [1.54, 1.807) is 48.5 Å². The molecule has 3 aromatic carbocycles. The maximum Gasteiger partial charge on any atom is 0.262 e. The second-order valence-electron chi connectivity index (χ2n) is 6.31. The summed E-state index contributed by atoms with van der Waals surface area (Å²) >= 11 is 7.24.